The molecule has 4 rings (SSSR count). The van der Waals surface area contributed by atoms with Crippen molar-refractivity contribution >= 4 is 49.1 Å². The van der Waals surface area contributed by atoms with E-state index in [4.69, 9.17) is 0 Å². The quantitative estimate of drug-likeness (QED) is 0.402. The van der Waals surface area contributed by atoms with Gasteiger partial charge in [-0.1, -0.05) is 17.7 Å². The van der Waals surface area contributed by atoms with Crippen LogP contribution in [-0.2, 0) is 20.0 Å². The second kappa shape index (κ2) is 10.5. The van der Waals surface area contributed by atoms with E-state index in [-0.39, 0.29) is 21.4 Å². The molecular weight excluding hydrogens is 518 g/mol. The zero-order valence-corrected chi connectivity index (χ0v) is 22.3. The topological polar surface area (TPSA) is 113 Å². The Balaban J connectivity index is 1.53. The number of carbonyl (C=O) groups is 1. The van der Waals surface area contributed by atoms with E-state index in [1.54, 1.807) is 35.2 Å². The molecular formula is C25H27N3O5S3. The smallest absolute Gasteiger partial charge is 0.261 e. The van der Waals surface area contributed by atoms with Gasteiger partial charge in [0.25, 0.3) is 26.0 Å². The number of rotatable bonds is 8. The summed E-state index contributed by atoms with van der Waals surface area (Å²) in [5.41, 5.74) is 1.99. The number of aryl methyl sites for hydroxylation is 1. The largest absolute Gasteiger partial charge is 0.339 e. The number of nitrogens with zero attached hydrogens (tertiary/aromatic N) is 1. The molecule has 1 amide bonds. The van der Waals surface area contributed by atoms with Crippen LogP contribution < -0.4 is 9.44 Å². The van der Waals surface area contributed by atoms with Crippen molar-refractivity contribution in [2.24, 2.45) is 0 Å². The van der Waals surface area contributed by atoms with E-state index in [0.717, 1.165) is 18.4 Å². The van der Waals surface area contributed by atoms with Crippen molar-refractivity contribution < 1.29 is 21.6 Å². The van der Waals surface area contributed by atoms with E-state index in [2.05, 4.69) is 9.44 Å². The summed E-state index contributed by atoms with van der Waals surface area (Å²) in [5, 5.41) is 0. The third kappa shape index (κ3) is 5.85. The van der Waals surface area contributed by atoms with Gasteiger partial charge in [0.2, 0.25) is 0 Å². The Bertz CT molecular complexity index is 1460. The minimum Gasteiger partial charge on any atom is -0.339 e. The van der Waals surface area contributed by atoms with Gasteiger partial charge in [-0.2, -0.15) is 0 Å². The van der Waals surface area contributed by atoms with Gasteiger partial charge in [0.15, 0.2) is 0 Å². The predicted molar refractivity (Wildman–Crippen MR) is 143 cm³/mol. The Kier molecular flexibility index (Phi) is 7.62. The van der Waals surface area contributed by atoms with Crippen molar-refractivity contribution in [2.45, 2.75) is 34.5 Å². The molecule has 0 unspecified atom stereocenters. The minimum absolute atomic E-state index is 0.00570. The summed E-state index contributed by atoms with van der Waals surface area (Å²) in [5.74, 6) is -0.176. The number of benzene rings is 3. The monoisotopic (exact) mass is 545 g/mol. The fourth-order valence-corrected chi connectivity index (χ4v) is 6.58. The molecule has 3 aromatic rings. The Hall–Kier alpha value is -3.02. The molecule has 11 heteroatoms. The van der Waals surface area contributed by atoms with Gasteiger partial charge in [0, 0.05) is 29.4 Å². The molecule has 3 aromatic carbocycles. The van der Waals surface area contributed by atoms with Crippen LogP contribution in [0.15, 0.2) is 81.4 Å². The second-order valence-electron chi connectivity index (χ2n) is 8.46. The third-order valence-corrected chi connectivity index (χ3v) is 9.40. The van der Waals surface area contributed by atoms with Crippen LogP contribution in [0.1, 0.15) is 28.8 Å². The summed E-state index contributed by atoms with van der Waals surface area (Å²) >= 11 is 1.39. The van der Waals surface area contributed by atoms with Gasteiger partial charge in [-0.3, -0.25) is 14.2 Å². The lowest BCUT2D eigenvalue weighted by Gasteiger charge is -2.18. The van der Waals surface area contributed by atoms with Crippen LogP contribution in [0.3, 0.4) is 0 Å². The molecule has 2 N–H and O–H groups in total. The van der Waals surface area contributed by atoms with Gasteiger partial charge in [0.05, 0.1) is 15.4 Å². The average molecular weight is 546 g/mol. The van der Waals surface area contributed by atoms with E-state index >= 15 is 0 Å². The standard InChI is InChI=1S/C25H27N3O5S3/c1-18-5-7-19(8-6-18)26-35(30,31)21-11-9-20(10-12-21)27-36(32,33)22-13-14-24(34-2)23(17-22)25(29)28-15-3-4-16-28/h5-14,17,26-27H,3-4,15-16H2,1-2H3. The molecule has 0 aromatic heterocycles. The van der Waals surface area contributed by atoms with Crippen molar-refractivity contribution in [1.29, 1.82) is 0 Å². The molecule has 1 aliphatic heterocycles. The number of likely N-dealkylation sites (tertiary alicyclic amines) is 1. The molecule has 1 heterocycles. The van der Waals surface area contributed by atoms with Gasteiger partial charge in [-0.05, 0) is 80.6 Å². The van der Waals surface area contributed by atoms with Gasteiger partial charge in [-0.25, -0.2) is 16.8 Å². The van der Waals surface area contributed by atoms with E-state index in [1.165, 1.54) is 48.2 Å². The molecule has 0 saturated carbocycles. The number of amides is 1. The van der Waals surface area contributed by atoms with Crippen molar-refractivity contribution in [3.05, 3.63) is 77.9 Å². The summed E-state index contributed by atoms with van der Waals surface area (Å²) in [6.07, 6.45) is 3.71. The lowest BCUT2D eigenvalue weighted by molar-refractivity contribution is 0.0789. The van der Waals surface area contributed by atoms with Gasteiger partial charge in [0.1, 0.15) is 0 Å². The molecule has 0 bridgehead atoms. The number of carbonyl (C=O) groups excluding carboxylic acids is 1. The van der Waals surface area contributed by atoms with Gasteiger partial charge < -0.3 is 4.90 Å². The Morgan fingerprint density at radius 2 is 1.28 bits per heavy atom. The normalized spacial score (nSPS) is 14.0. The van der Waals surface area contributed by atoms with E-state index in [9.17, 15) is 21.6 Å². The van der Waals surface area contributed by atoms with Crippen LogP contribution in [-0.4, -0.2) is 47.0 Å². The molecule has 190 valence electrons. The zero-order valence-electron chi connectivity index (χ0n) is 19.9. The van der Waals surface area contributed by atoms with Crippen molar-refractivity contribution in [3.63, 3.8) is 0 Å². The Morgan fingerprint density at radius 3 is 1.83 bits per heavy atom. The molecule has 0 spiro atoms. The highest BCUT2D eigenvalue weighted by atomic mass is 32.2. The third-order valence-electron chi connectivity index (χ3n) is 5.83. The fraction of sp³-hybridized carbons (Fsp3) is 0.240. The summed E-state index contributed by atoms with van der Waals surface area (Å²) in [7, 11) is -7.86. The molecule has 0 atom stereocenters. The summed E-state index contributed by atoms with van der Waals surface area (Å²) in [6, 6.07) is 16.8. The minimum atomic E-state index is -4.01. The molecule has 1 fully saturated rings. The number of thioether (sulfide) groups is 1. The first-order valence-electron chi connectivity index (χ1n) is 11.3. The predicted octanol–water partition coefficient (Wildman–Crippen LogP) is 4.55. The first-order valence-corrected chi connectivity index (χ1v) is 15.5. The molecule has 1 aliphatic rings. The molecule has 0 aliphatic carbocycles. The number of hydrogen-bond acceptors (Lipinski definition) is 6. The number of sulfonamides is 2. The first-order chi connectivity index (χ1) is 17.1. The molecule has 36 heavy (non-hydrogen) atoms. The van der Waals surface area contributed by atoms with Gasteiger partial charge >= 0.3 is 0 Å². The number of nitrogens with one attached hydrogen (secondary N) is 2. The zero-order chi connectivity index (χ0) is 25.9. The van der Waals surface area contributed by atoms with Crippen LogP contribution in [0, 0.1) is 6.92 Å². The highest BCUT2D eigenvalue weighted by molar-refractivity contribution is 7.98. The van der Waals surface area contributed by atoms with E-state index in [1.807, 2.05) is 13.2 Å². The van der Waals surface area contributed by atoms with Crippen molar-refractivity contribution in [3.8, 4) is 0 Å². The van der Waals surface area contributed by atoms with Crippen molar-refractivity contribution in [2.75, 3.05) is 28.8 Å². The number of anilines is 2. The number of hydrogen-bond donors (Lipinski definition) is 2. The summed E-state index contributed by atoms with van der Waals surface area (Å²) in [6.45, 7) is 3.23. The Labute approximate surface area is 216 Å². The first kappa shape index (κ1) is 26.1. The van der Waals surface area contributed by atoms with E-state index in [0.29, 0.717) is 29.2 Å². The Morgan fingerprint density at radius 1 is 0.778 bits per heavy atom. The lowest BCUT2D eigenvalue weighted by atomic mass is 10.2. The molecule has 1 saturated heterocycles. The van der Waals surface area contributed by atoms with Crippen LogP contribution in [0.4, 0.5) is 11.4 Å². The van der Waals surface area contributed by atoms with Crippen LogP contribution in [0.25, 0.3) is 0 Å². The second-order valence-corrected chi connectivity index (χ2v) is 12.7. The highest BCUT2D eigenvalue weighted by Gasteiger charge is 2.25. The maximum Gasteiger partial charge on any atom is 0.261 e. The van der Waals surface area contributed by atoms with Crippen LogP contribution >= 0.6 is 11.8 Å². The molecule has 0 radical (unpaired) electrons. The molecule has 8 nitrogen and oxygen atoms in total. The SMILES string of the molecule is CSc1ccc(S(=O)(=O)Nc2ccc(S(=O)(=O)Nc3ccc(C)cc3)cc2)cc1C(=O)N1CCCC1. The van der Waals surface area contributed by atoms with E-state index < -0.39 is 20.0 Å². The average Bonchev–Trinajstić information content (AvgIpc) is 3.40. The van der Waals surface area contributed by atoms with Gasteiger partial charge in [-0.15, -0.1) is 11.8 Å². The highest BCUT2D eigenvalue weighted by Crippen LogP contribution is 2.28. The maximum atomic E-state index is 13.1. The fourth-order valence-electron chi connectivity index (χ4n) is 3.86. The maximum absolute atomic E-state index is 13.1. The lowest BCUT2D eigenvalue weighted by Crippen LogP contribution is -2.28. The van der Waals surface area contributed by atoms with Crippen LogP contribution in [0.5, 0.6) is 0 Å². The summed E-state index contributed by atoms with van der Waals surface area (Å²) < 4.78 is 56.5. The van der Waals surface area contributed by atoms with Crippen molar-refractivity contribution in [1.82, 2.24) is 4.90 Å². The summed E-state index contributed by atoms with van der Waals surface area (Å²) in [4.78, 5) is 15.4. The van der Waals surface area contributed by atoms with Crippen LogP contribution in [0.2, 0.25) is 0 Å².